The van der Waals surface area contributed by atoms with E-state index >= 15 is 0 Å². The van der Waals surface area contributed by atoms with Crippen LogP contribution in [0.25, 0.3) is 0 Å². The largest absolute Gasteiger partial charge is 0.481 e. The quantitative estimate of drug-likeness (QED) is 0.0367. The van der Waals surface area contributed by atoms with Crippen LogP contribution in [0.5, 0.6) is 0 Å². The van der Waals surface area contributed by atoms with E-state index < -0.39 is 23.3 Å². The van der Waals surface area contributed by atoms with Gasteiger partial charge in [0.15, 0.2) is 0 Å². The molecule has 0 aliphatic rings. The van der Waals surface area contributed by atoms with Gasteiger partial charge in [0.1, 0.15) is 5.41 Å². The number of hydrogen-bond donors (Lipinski definition) is 4. The van der Waals surface area contributed by atoms with Crippen molar-refractivity contribution >= 4 is 23.8 Å². The molecular weight excluding hydrogens is 1430 g/mol. The van der Waals surface area contributed by atoms with Crippen molar-refractivity contribution in [2.45, 2.75) is 142 Å². The number of amides is 2. The lowest BCUT2D eigenvalue weighted by molar-refractivity contribution is -0.157. The second-order valence-electron chi connectivity index (χ2n) is 25.1. The molecule has 0 rings (SSSR count). The number of rotatable bonds is 98. The molecule has 0 spiro atoms. The van der Waals surface area contributed by atoms with Gasteiger partial charge in [-0.25, -0.2) is 0 Å². The highest BCUT2D eigenvalue weighted by Crippen LogP contribution is 2.33. The summed E-state index contributed by atoms with van der Waals surface area (Å²) in [7, 11) is 1.60. The Labute approximate surface area is 653 Å². The molecule has 0 heterocycles. The third-order valence-electron chi connectivity index (χ3n) is 16.1. The molecule has 0 aromatic carbocycles. The lowest BCUT2D eigenvalue weighted by atomic mass is 9.76. The molecule has 32 heteroatoms. The summed E-state index contributed by atoms with van der Waals surface area (Å²) < 4.78 is 133. The van der Waals surface area contributed by atoms with Crippen LogP contribution >= 0.6 is 0 Å². The number of unbranched alkanes of at least 4 members (excludes halogenated alkanes) is 15. The van der Waals surface area contributed by atoms with Crippen molar-refractivity contribution in [3.05, 3.63) is 0 Å². The van der Waals surface area contributed by atoms with Gasteiger partial charge in [0, 0.05) is 26.4 Å². The summed E-state index contributed by atoms with van der Waals surface area (Å²) in [5.74, 6) is -2.28. The summed E-state index contributed by atoms with van der Waals surface area (Å²) in [5.41, 5.74) is -1.46. The zero-order valence-corrected chi connectivity index (χ0v) is 67.3. The first kappa shape index (κ1) is 106. The molecule has 4 N–H and O–H groups in total. The zero-order valence-electron chi connectivity index (χ0n) is 67.3. The summed E-state index contributed by atoms with van der Waals surface area (Å²) in [6.07, 6.45) is 18.3. The molecule has 1 unspecified atom stereocenters. The second kappa shape index (κ2) is 92.1. The van der Waals surface area contributed by atoms with Gasteiger partial charge >= 0.3 is 11.9 Å². The second-order valence-corrected chi connectivity index (χ2v) is 25.1. The maximum absolute atomic E-state index is 13.6. The van der Waals surface area contributed by atoms with E-state index in [0.29, 0.717) is 349 Å². The number of carbonyl (C=O) groups is 4. The van der Waals surface area contributed by atoms with Crippen LogP contribution in [0.15, 0.2) is 0 Å². The molecule has 109 heavy (non-hydrogen) atoms. The van der Waals surface area contributed by atoms with Crippen molar-refractivity contribution in [1.29, 1.82) is 0 Å². The van der Waals surface area contributed by atoms with Crippen molar-refractivity contribution in [2.75, 3.05) is 331 Å². The number of nitrogens with one attached hydrogen (secondary N) is 2. The zero-order chi connectivity index (χ0) is 78.7. The molecular formula is C77H150N2O30. The van der Waals surface area contributed by atoms with Crippen LogP contribution in [-0.2, 0) is 133 Å². The van der Waals surface area contributed by atoms with Gasteiger partial charge in [-0.05, 0) is 19.3 Å². The van der Waals surface area contributed by atoms with Gasteiger partial charge in [-0.1, -0.05) is 110 Å². The Hall–Kier alpha value is -3.08. The van der Waals surface area contributed by atoms with E-state index in [0.717, 1.165) is 57.8 Å². The highest BCUT2D eigenvalue weighted by Gasteiger charge is 2.44. The number of hydrogen-bond acceptors (Lipinski definition) is 28. The maximum atomic E-state index is 13.6. The Morgan fingerprint density at radius 1 is 0.239 bits per heavy atom. The number of aliphatic carboxylic acids is 2. The lowest BCUT2D eigenvalue weighted by Gasteiger charge is -2.28. The van der Waals surface area contributed by atoms with Gasteiger partial charge in [0.25, 0.3) is 0 Å². The van der Waals surface area contributed by atoms with Crippen LogP contribution < -0.4 is 10.6 Å². The molecule has 0 aromatic rings. The first-order chi connectivity index (χ1) is 53.8. The van der Waals surface area contributed by atoms with Crippen molar-refractivity contribution in [3.8, 4) is 0 Å². The molecule has 0 bridgehead atoms. The van der Waals surface area contributed by atoms with Crippen molar-refractivity contribution < 1.29 is 143 Å². The van der Waals surface area contributed by atoms with Crippen molar-refractivity contribution in [2.24, 2.45) is 5.41 Å². The molecule has 2 amide bonds. The smallest absolute Gasteiger partial charge is 0.319 e. The van der Waals surface area contributed by atoms with E-state index in [1.807, 2.05) is 0 Å². The number of carboxylic acids is 2. The molecule has 32 nitrogen and oxygen atoms in total. The summed E-state index contributed by atoms with van der Waals surface area (Å²) in [4.78, 5) is 48.2. The minimum atomic E-state index is -1.46. The molecule has 0 radical (unpaired) electrons. The Kier molecular flexibility index (Phi) is 89.5. The fourth-order valence-corrected chi connectivity index (χ4v) is 10.0. The van der Waals surface area contributed by atoms with E-state index in [1.54, 1.807) is 7.05 Å². The number of carboxylic acid groups (broad SMARTS) is 2. The first-order valence-electron chi connectivity index (χ1n) is 40.6. The Morgan fingerprint density at radius 2 is 0.422 bits per heavy atom. The standard InChI is InChI=1S/C77H150N2O30/c1-3-4-5-6-7-9-12-15-18-22-77(76(84)85,23-19-16-13-10-8-11-14-17-20-74(81)82)75(83)79-24-26-87-28-30-89-32-34-91-36-38-93-40-42-95-44-46-97-48-50-99-52-54-101-56-58-103-60-62-105-64-66-107-68-70-109-72-71-108-69-67-106-65-63-104-61-59-102-57-55-100-53-51-98-49-47-96-45-43-94-41-39-92-37-35-90-33-31-88-29-27-86-25-21-73(80)78-2/h3-72H2,1-2H3,(H,78,80)(H,79,83)(H,81,82)(H,84,85). The SMILES string of the molecule is CCCCCCCCCCCC(CCCCCCCCCCC(=O)O)(C(=O)O)C(=O)NCCOCCOCCOCCOCCOCCOCCOCCOCCOCCOCCOCCOCCOCCOCCOCCOCCOCCOCCOCCOCCOCCOCCOCCOCCC(=O)NC. The monoisotopic (exact) mass is 1580 g/mol. The third kappa shape index (κ3) is 84.2. The molecule has 0 aromatic heterocycles. The number of carbonyl (C=O) groups excluding carboxylic acids is 2. The molecule has 648 valence electrons. The summed E-state index contributed by atoms with van der Waals surface area (Å²) >= 11 is 0. The van der Waals surface area contributed by atoms with Crippen LogP contribution in [0.3, 0.4) is 0 Å². The van der Waals surface area contributed by atoms with Gasteiger partial charge in [-0.15, -0.1) is 0 Å². The van der Waals surface area contributed by atoms with Crippen LogP contribution in [0.4, 0.5) is 0 Å². The lowest BCUT2D eigenvalue weighted by Crippen LogP contribution is -2.47. The predicted molar refractivity (Wildman–Crippen MR) is 407 cm³/mol. The molecule has 1 atom stereocenters. The van der Waals surface area contributed by atoms with Crippen molar-refractivity contribution in [3.63, 3.8) is 0 Å². The highest BCUT2D eigenvalue weighted by atomic mass is 16.6. The molecule has 0 fully saturated rings. The summed E-state index contributed by atoms with van der Waals surface area (Å²) in [6, 6.07) is 0. The normalized spacial score (nSPS) is 12.2. The average Bonchev–Trinajstić information content (AvgIpc) is 0.819. The average molecular weight is 1580 g/mol. The van der Waals surface area contributed by atoms with E-state index in [-0.39, 0.29) is 25.5 Å². The van der Waals surface area contributed by atoms with Gasteiger partial charge in [0.2, 0.25) is 11.8 Å². The fourth-order valence-electron chi connectivity index (χ4n) is 10.0. The first-order valence-corrected chi connectivity index (χ1v) is 40.6. The molecule has 0 aliphatic carbocycles. The van der Waals surface area contributed by atoms with Crippen LogP contribution in [-0.4, -0.2) is 365 Å². The molecule has 0 aliphatic heterocycles. The van der Waals surface area contributed by atoms with E-state index in [1.165, 1.54) is 32.1 Å². The minimum absolute atomic E-state index is 0.0445. The molecule has 0 saturated carbocycles. The van der Waals surface area contributed by atoms with E-state index in [2.05, 4.69) is 17.6 Å². The maximum Gasteiger partial charge on any atom is 0.319 e. The van der Waals surface area contributed by atoms with Gasteiger partial charge in [-0.2, -0.15) is 0 Å². The summed E-state index contributed by atoms with van der Waals surface area (Å²) in [6.45, 7) is 24.2. The predicted octanol–water partition coefficient (Wildman–Crippen LogP) is 6.61. The number of ether oxygens (including phenoxy) is 24. The van der Waals surface area contributed by atoms with Gasteiger partial charge < -0.3 is 135 Å². The fraction of sp³-hybridized carbons (Fsp3) is 0.948. The van der Waals surface area contributed by atoms with Crippen LogP contribution in [0.2, 0.25) is 0 Å². The Morgan fingerprint density at radius 3 is 0.615 bits per heavy atom. The highest BCUT2D eigenvalue weighted by molar-refractivity contribution is 6.01. The molecule has 0 saturated heterocycles. The van der Waals surface area contributed by atoms with Crippen molar-refractivity contribution in [1.82, 2.24) is 10.6 Å². The minimum Gasteiger partial charge on any atom is -0.481 e. The Balaban J connectivity index is 3.41. The summed E-state index contributed by atoms with van der Waals surface area (Å²) in [5, 5.41) is 24.7. The van der Waals surface area contributed by atoms with Gasteiger partial charge in [-0.3, -0.25) is 19.2 Å². The Bertz CT molecular complexity index is 1850. The van der Waals surface area contributed by atoms with Crippen LogP contribution in [0, 0.1) is 5.41 Å². The third-order valence-corrected chi connectivity index (χ3v) is 16.1. The van der Waals surface area contributed by atoms with E-state index in [9.17, 15) is 24.3 Å². The van der Waals surface area contributed by atoms with E-state index in [4.69, 9.17) is 119 Å². The van der Waals surface area contributed by atoms with Gasteiger partial charge in [0.05, 0.1) is 317 Å². The van der Waals surface area contributed by atoms with Crippen LogP contribution in [0.1, 0.15) is 142 Å². The topological polar surface area (TPSA) is 354 Å².